The van der Waals surface area contributed by atoms with Crippen molar-refractivity contribution in [2.24, 2.45) is 0 Å². The number of rotatable bonds is 8. The number of anilines is 2. The van der Waals surface area contributed by atoms with Crippen LogP contribution in [0.1, 0.15) is 17.0 Å². The summed E-state index contributed by atoms with van der Waals surface area (Å²) in [5.41, 5.74) is 2.14. The van der Waals surface area contributed by atoms with E-state index in [4.69, 9.17) is 9.15 Å². The molecule has 0 aliphatic rings. The molecule has 130 valence electrons. The summed E-state index contributed by atoms with van der Waals surface area (Å²) in [6.45, 7) is 3.30. The van der Waals surface area contributed by atoms with Gasteiger partial charge < -0.3 is 19.8 Å². The van der Waals surface area contributed by atoms with Crippen LogP contribution in [-0.4, -0.2) is 23.6 Å². The Labute approximate surface area is 147 Å². The number of aryl methyl sites for hydroxylation is 1. The second-order valence-electron chi connectivity index (χ2n) is 5.68. The lowest BCUT2D eigenvalue weighted by Gasteiger charge is -2.09. The van der Waals surface area contributed by atoms with Crippen LogP contribution in [0.5, 0.6) is 5.75 Å². The van der Waals surface area contributed by atoms with Crippen LogP contribution >= 0.6 is 0 Å². The number of benzene rings is 1. The van der Waals surface area contributed by atoms with E-state index in [1.54, 1.807) is 13.4 Å². The largest absolute Gasteiger partial charge is 0.497 e. The van der Waals surface area contributed by atoms with Crippen LogP contribution in [0.4, 0.5) is 11.8 Å². The Balaban J connectivity index is 1.54. The maximum absolute atomic E-state index is 5.32. The Kier molecular flexibility index (Phi) is 5.51. The first-order valence-electron chi connectivity index (χ1n) is 8.21. The molecule has 3 aromatic rings. The van der Waals surface area contributed by atoms with Gasteiger partial charge in [-0.25, -0.2) is 4.98 Å². The summed E-state index contributed by atoms with van der Waals surface area (Å²) in [4.78, 5) is 8.93. The maximum Gasteiger partial charge on any atom is 0.224 e. The molecule has 0 bridgehead atoms. The van der Waals surface area contributed by atoms with Gasteiger partial charge in [-0.15, -0.1) is 0 Å². The Morgan fingerprint density at radius 1 is 1.08 bits per heavy atom. The van der Waals surface area contributed by atoms with E-state index in [-0.39, 0.29) is 0 Å². The molecule has 0 aliphatic heterocycles. The second-order valence-corrected chi connectivity index (χ2v) is 5.68. The van der Waals surface area contributed by atoms with Crippen molar-refractivity contribution in [3.63, 3.8) is 0 Å². The Morgan fingerprint density at radius 3 is 2.64 bits per heavy atom. The van der Waals surface area contributed by atoms with E-state index in [0.29, 0.717) is 12.5 Å². The number of aromatic nitrogens is 2. The molecule has 0 aliphatic carbocycles. The van der Waals surface area contributed by atoms with Crippen molar-refractivity contribution in [3.05, 3.63) is 65.7 Å². The average Bonchev–Trinajstić information content (AvgIpc) is 3.14. The highest BCUT2D eigenvalue weighted by atomic mass is 16.5. The van der Waals surface area contributed by atoms with Gasteiger partial charge in [0.2, 0.25) is 5.95 Å². The van der Waals surface area contributed by atoms with Gasteiger partial charge in [0.15, 0.2) is 0 Å². The smallest absolute Gasteiger partial charge is 0.224 e. The number of methoxy groups -OCH3 is 1. The van der Waals surface area contributed by atoms with Crippen LogP contribution in [0, 0.1) is 6.92 Å². The molecule has 0 atom stereocenters. The minimum absolute atomic E-state index is 0.592. The SMILES string of the molecule is COc1ccc(CCNc2nc(C)cc(NCc3ccco3)n2)cc1. The van der Waals surface area contributed by atoms with Gasteiger partial charge in [-0.1, -0.05) is 12.1 Å². The summed E-state index contributed by atoms with van der Waals surface area (Å²) in [7, 11) is 1.67. The maximum atomic E-state index is 5.32. The van der Waals surface area contributed by atoms with Gasteiger partial charge in [-0.05, 0) is 43.2 Å². The first-order valence-corrected chi connectivity index (χ1v) is 8.21. The minimum atomic E-state index is 0.592. The Morgan fingerprint density at radius 2 is 1.92 bits per heavy atom. The highest BCUT2D eigenvalue weighted by Gasteiger charge is 2.03. The van der Waals surface area contributed by atoms with E-state index >= 15 is 0 Å². The summed E-state index contributed by atoms with van der Waals surface area (Å²) in [6.07, 6.45) is 2.55. The van der Waals surface area contributed by atoms with Gasteiger partial charge in [0.1, 0.15) is 17.3 Å². The third-order valence-corrected chi connectivity index (χ3v) is 3.73. The fourth-order valence-electron chi connectivity index (χ4n) is 2.44. The van der Waals surface area contributed by atoms with E-state index in [9.17, 15) is 0 Å². The fraction of sp³-hybridized carbons (Fsp3) is 0.263. The van der Waals surface area contributed by atoms with Crippen LogP contribution in [0.3, 0.4) is 0 Å². The van der Waals surface area contributed by atoms with Crippen molar-refractivity contribution < 1.29 is 9.15 Å². The molecule has 0 radical (unpaired) electrons. The lowest BCUT2D eigenvalue weighted by Crippen LogP contribution is -2.10. The van der Waals surface area contributed by atoms with Crippen molar-refractivity contribution in [3.8, 4) is 5.75 Å². The Hall–Kier alpha value is -3.02. The molecule has 6 heteroatoms. The standard InChI is InChI=1S/C19H22N4O2/c1-14-12-18(21-13-17-4-3-11-25-17)23-19(22-14)20-10-9-15-5-7-16(24-2)8-6-15/h3-8,11-12H,9-10,13H2,1-2H3,(H2,20,21,22,23). The third kappa shape index (κ3) is 4.97. The molecule has 0 saturated carbocycles. The molecule has 2 aromatic heterocycles. The number of nitrogens with zero attached hydrogens (tertiary/aromatic N) is 2. The second kappa shape index (κ2) is 8.19. The van der Waals surface area contributed by atoms with Crippen molar-refractivity contribution in [2.45, 2.75) is 19.9 Å². The van der Waals surface area contributed by atoms with E-state index in [2.05, 4.69) is 32.7 Å². The molecule has 3 rings (SSSR count). The predicted octanol–water partition coefficient (Wildman–Crippen LogP) is 3.65. The summed E-state index contributed by atoms with van der Waals surface area (Å²) in [5, 5.41) is 6.53. The highest BCUT2D eigenvalue weighted by molar-refractivity contribution is 5.42. The van der Waals surface area contributed by atoms with E-state index < -0.39 is 0 Å². The quantitative estimate of drug-likeness (QED) is 0.653. The fourth-order valence-corrected chi connectivity index (χ4v) is 2.44. The number of hydrogen-bond donors (Lipinski definition) is 2. The zero-order valence-electron chi connectivity index (χ0n) is 14.5. The molecule has 0 spiro atoms. The minimum Gasteiger partial charge on any atom is -0.497 e. The molecule has 0 saturated heterocycles. The van der Waals surface area contributed by atoms with Crippen LogP contribution < -0.4 is 15.4 Å². The number of hydrogen-bond acceptors (Lipinski definition) is 6. The molecular weight excluding hydrogens is 316 g/mol. The number of ether oxygens (including phenoxy) is 1. The molecule has 1 aromatic carbocycles. The van der Waals surface area contributed by atoms with Crippen LogP contribution in [0.25, 0.3) is 0 Å². The Bertz CT molecular complexity index is 786. The lowest BCUT2D eigenvalue weighted by atomic mass is 10.1. The summed E-state index contributed by atoms with van der Waals surface area (Å²) in [6, 6.07) is 13.8. The van der Waals surface area contributed by atoms with E-state index in [1.165, 1.54) is 5.56 Å². The first-order chi connectivity index (χ1) is 12.2. The molecule has 25 heavy (non-hydrogen) atoms. The normalized spacial score (nSPS) is 10.5. The summed E-state index contributed by atoms with van der Waals surface area (Å²) in [5.74, 6) is 3.13. The molecule has 6 nitrogen and oxygen atoms in total. The van der Waals surface area contributed by atoms with Crippen LogP contribution in [0.15, 0.2) is 53.1 Å². The molecule has 0 fully saturated rings. The van der Waals surface area contributed by atoms with Crippen molar-refractivity contribution >= 4 is 11.8 Å². The van der Waals surface area contributed by atoms with Crippen molar-refractivity contribution in [1.82, 2.24) is 9.97 Å². The third-order valence-electron chi connectivity index (χ3n) is 3.73. The zero-order valence-corrected chi connectivity index (χ0v) is 14.5. The van der Waals surface area contributed by atoms with Gasteiger partial charge in [-0.3, -0.25) is 0 Å². The first kappa shape index (κ1) is 16.8. The molecular formula is C19H22N4O2. The molecule has 2 N–H and O–H groups in total. The molecule has 0 unspecified atom stereocenters. The van der Waals surface area contributed by atoms with Crippen molar-refractivity contribution in [1.29, 1.82) is 0 Å². The number of nitrogens with one attached hydrogen (secondary N) is 2. The molecule has 0 amide bonds. The monoisotopic (exact) mass is 338 g/mol. The predicted molar refractivity (Wildman–Crippen MR) is 98.0 cm³/mol. The van der Waals surface area contributed by atoms with Gasteiger partial charge in [0.05, 0.1) is 19.9 Å². The van der Waals surface area contributed by atoms with Gasteiger partial charge in [0.25, 0.3) is 0 Å². The topological polar surface area (TPSA) is 72.2 Å². The summed E-state index contributed by atoms with van der Waals surface area (Å²) < 4.78 is 10.5. The van der Waals surface area contributed by atoms with Crippen LogP contribution in [-0.2, 0) is 13.0 Å². The number of furan rings is 1. The highest BCUT2D eigenvalue weighted by Crippen LogP contribution is 2.13. The van der Waals surface area contributed by atoms with E-state index in [1.807, 2.05) is 37.3 Å². The van der Waals surface area contributed by atoms with Gasteiger partial charge in [0, 0.05) is 18.3 Å². The van der Waals surface area contributed by atoms with E-state index in [0.717, 1.165) is 36.0 Å². The van der Waals surface area contributed by atoms with Crippen molar-refractivity contribution in [2.75, 3.05) is 24.3 Å². The van der Waals surface area contributed by atoms with Gasteiger partial charge >= 0.3 is 0 Å². The molecule has 2 heterocycles. The van der Waals surface area contributed by atoms with Gasteiger partial charge in [-0.2, -0.15) is 4.98 Å². The average molecular weight is 338 g/mol. The summed E-state index contributed by atoms with van der Waals surface area (Å²) >= 11 is 0. The van der Waals surface area contributed by atoms with Crippen LogP contribution in [0.2, 0.25) is 0 Å². The lowest BCUT2D eigenvalue weighted by molar-refractivity contribution is 0.414. The zero-order chi connectivity index (χ0) is 17.5.